The van der Waals surface area contributed by atoms with Crippen LogP contribution < -0.4 is 39.7 Å². The van der Waals surface area contributed by atoms with Gasteiger partial charge in [-0.3, -0.25) is 31.9 Å². The van der Waals surface area contributed by atoms with Crippen LogP contribution in [0.3, 0.4) is 0 Å². The largest absolute Gasteiger partial charge is 0.387 e. The van der Waals surface area contributed by atoms with Crippen LogP contribution in [0.4, 0.5) is 0 Å². The third kappa shape index (κ3) is 37.1. The molecule has 0 aromatic heterocycles. The zero-order valence-electron chi connectivity index (χ0n) is 44.8. The molecule has 0 saturated heterocycles. The maximum atomic E-state index is 7.54. The van der Waals surface area contributed by atoms with Gasteiger partial charge in [-0.1, -0.05) is 0 Å². The molecule has 0 aliphatic carbocycles. The third-order valence-corrected chi connectivity index (χ3v) is 7.70. The maximum Gasteiger partial charge on any atom is 0.219 e. The summed E-state index contributed by atoms with van der Waals surface area (Å²) in [5.41, 5.74) is 33.2. The minimum Gasteiger partial charge on any atom is -0.387 e. The van der Waals surface area contributed by atoms with Gasteiger partial charge in [-0.25, -0.2) is 25.0 Å². The number of guanidine groups is 6. The normalized spacial score (nSPS) is 13.2. The molecule has 64 heavy (non-hydrogen) atoms. The van der Waals surface area contributed by atoms with Gasteiger partial charge in [-0.15, -0.1) is 0 Å². The molecule has 21 heteroatoms. The summed E-state index contributed by atoms with van der Waals surface area (Å²) in [5, 5.41) is 31.8. The Hall–Kier alpha value is -5.50. The molecule has 0 radical (unpaired) electrons. The first-order valence-corrected chi connectivity index (χ1v) is 21.5. The molecule has 0 aliphatic rings. The van der Waals surface area contributed by atoms with Crippen LogP contribution in [0.25, 0.3) is 0 Å². The predicted octanol–water partition coefficient (Wildman–Crippen LogP) is 5.31. The van der Waals surface area contributed by atoms with Gasteiger partial charge in [0.2, 0.25) is 5.96 Å². The SMILES string of the molecule is CC(N)=NC(=N)N(C)C(C)(C)C.CCN(C(N)=NC(C)=N)C(C)(C)C.CCN(C(N)=NC(C)=N)C(C)(C)C.CCN(C(N)=NC(C)=N)C(C)(C)C.CCN=C(N)NC(N)=NC(C)(C)C. The predicted molar refractivity (Wildman–Crippen MR) is 281 cm³/mol. The van der Waals surface area contributed by atoms with Gasteiger partial charge in [0.15, 0.2) is 29.8 Å². The van der Waals surface area contributed by atoms with Crippen LogP contribution >= 0.6 is 0 Å². The van der Waals surface area contributed by atoms with E-state index in [1.807, 2.05) is 91.0 Å². The van der Waals surface area contributed by atoms with Crippen LogP contribution in [0.5, 0.6) is 0 Å². The van der Waals surface area contributed by atoms with Crippen LogP contribution in [-0.2, 0) is 0 Å². The van der Waals surface area contributed by atoms with Crippen molar-refractivity contribution < 1.29 is 0 Å². The summed E-state index contributed by atoms with van der Waals surface area (Å²) in [6.45, 7) is 48.0. The molecule has 0 fully saturated rings. The van der Waals surface area contributed by atoms with Gasteiger partial charge < -0.3 is 54.0 Å². The molecule has 0 aromatic carbocycles. The molecular formula is C43H97N21. The summed E-state index contributed by atoms with van der Waals surface area (Å²) >= 11 is 0. The lowest BCUT2D eigenvalue weighted by atomic mass is 10.1. The molecule has 0 amide bonds. The van der Waals surface area contributed by atoms with Crippen molar-refractivity contribution in [3.63, 3.8) is 0 Å². The number of nitrogens with one attached hydrogen (secondary N) is 5. The van der Waals surface area contributed by atoms with Gasteiger partial charge in [-0.2, -0.15) is 0 Å². The Morgan fingerprint density at radius 2 is 0.750 bits per heavy atom. The molecule has 0 bridgehead atoms. The lowest BCUT2D eigenvalue weighted by molar-refractivity contribution is 0.245. The quantitative estimate of drug-likeness (QED) is 0.127. The average Bonchev–Trinajstić information content (AvgIpc) is 3.02. The van der Waals surface area contributed by atoms with Crippen molar-refractivity contribution in [1.82, 2.24) is 24.9 Å². The summed E-state index contributed by atoms with van der Waals surface area (Å²) < 4.78 is 0. The highest BCUT2D eigenvalue weighted by atomic mass is 15.3. The monoisotopic (exact) mass is 908 g/mol. The first kappa shape index (κ1) is 67.6. The van der Waals surface area contributed by atoms with Gasteiger partial charge in [0.1, 0.15) is 17.5 Å². The molecular weight excluding hydrogens is 811 g/mol. The molecule has 0 atom stereocenters. The second-order valence-electron chi connectivity index (χ2n) is 19.4. The van der Waals surface area contributed by atoms with E-state index in [4.69, 9.17) is 56.0 Å². The second kappa shape index (κ2) is 30.6. The van der Waals surface area contributed by atoms with E-state index in [2.05, 4.69) is 97.6 Å². The molecule has 21 nitrogen and oxygen atoms in total. The highest BCUT2D eigenvalue weighted by Crippen LogP contribution is 2.14. The van der Waals surface area contributed by atoms with Gasteiger partial charge in [-0.05, 0) is 159 Å². The maximum absolute atomic E-state index is 7.54. The number of amidine groups is 4. The van der Waals surface area contributed by atoms with Gasteiger partial charge in [0.05, 0.1) is 11.4 Å². The Morgan fingerprint density at radius 3 is 0.922 bits per heavy atom. The Morgan fingerprint density at radius 1 is 0.469 bits per heavy atom. The van der Waals surface area contributed by atoms with E-state index < -0.39 is 0 Å². The third-order valence-electron chi connectivity index (χ3n) is 7.70. The van der Waals surface area contributed by atoms with Crippen LogP contribution in [0, 0.1) is 21.6 Å². The Kier molecular flexibility index (Phi) is 32.3. The number of aliphatic imine (C=N–C) groups is 6. The number of nitrogens with two attached hydrogens (primary N) is 6. The van der Waals surface area contributed by atoms with Crippen LogP contribution in [-0.4, -0.2) is 140 Å². The molecule has 0 saturated carbocycles. The first-order valence-electron chi connectivity index (χ1n) is 21.5. The average molecular weight is 908 g/mol. The Labute approximate surface area is 389 Å². The van der Waals surface area contributed by atoms with Gasteiger partial charge in [0, 0.05) is 55.4 Å². The van der Waals surface area contributed by atoms with Gasteiger partial charge >= 0.3 is 0 Å². The van der Waals surface area contributed by atoms with E-state index in [0.29, 0.717) is 42.2 Å². The molecule has 0 unspecified atom stereocenters. The van der Waals surface area contributed by atoms with Gasteiger partial charge in [0.25, 0.3) is 0 Å². The van der Waals surface area contributed by atoms with Crippen LogP contribution in [0.1, 0.15) is 159 Å². The zero-order chi connectivity index (χ0) is 52.4. The Bertz CT molecular complexity index is 1480. The van der Waals surface area contributed by atoms with E-state index in [-0.39, 0.29) is 51.2 Å². The van der Waals surface area contributed by atoms with Crippen molar-refractivity contribution in [2.45, 2.75) is 187 Å². The highest BCUT2D eigenvalue weighted by Gasteiger charge is 2.23. The van der Waals surface area contributed by atoms with Crippen molar-refractivity contribution in [3.05, 3.63) is 0 Å². The van der Waals surface area contributed by atoms with Crippen LogP contribution in [0.2, 0.25) is 0 Å². The summed E-state index contributed by atoms with van der Waals surface area (Å²) in [7, 11) is 1.83. The van der Waals surface area contributed by atoms with Crippen molar-refractivity contribution in [2.24, 2.45) is 64.4 Å². The fraction of sp³-hybridized carbons (Fsp3) is 0.767. The fourth-order valence-corrected chi connectivity index (χ4v) is 4.93. The van der Waals surface area contributed by atoms with Crippen molar-refractivity contribution in [3.8, 4) is 0 Å². The summed E-state index contributed by atoms with van der Waals surface area (Å²) in [6, 6.07) is 0. The van der Waals surface area contributed by atoms with E-state index in [1.165, 1.54) is 0 Å². The molecule has 17 N–H and O–H groups in total. The molecule has 0 heterocycles. The molecule has 0 spiro atoms. The summed E-state index contributed by atoms with van der Waals surface area (Å²) in [4.78, 5) is 31.3. The number of nitrogens with zero attached hydrogens (tertiary/aromatic N) is 10. The van der Waals surface area contributed by atoms with E-state index >= 15 is 0 Å². The minimum atomic E-state index is -0.205. The lowest BCUT2D eigenvalue weighted by Gasteiger charge is -2.35. The topological polar surface area (TPSA) is 351 Å². The van der Waals surface area contributed by atoms with Crippen molar-refractivity contribution >= 4 is 59.1 Å². The van der Waals surface area contributed by atoms with E-state index in [9.17, 15) is 0 Å². The van der Waals surface area contributed by atoms with Crippen LogP contribution in [0.15, 0.2) is 30.0 Å². The van der Waals surface area contributed by atoms with E-state index in [0.717, 1.165) is 19.6 Å². The van der Waals surface area contributed by atoms with E-state index in [1.54, 1.807) is 32.6 Å². The van der Waals surface area contributed by atoms with Crippen molar-refractivity contribution in [2.75, 3.05) is 33.2 Å². The molecule has 374 valence electrons. The lowest BCUT2D eigenvalue weighted by Crippen LogP contribution is -2.49. The smallest absolute Gasteiger partial charge is 0.219 e. The van der Waals surface area contributed by atoms with Crippen molar-refractivity contribution in [1.29, 1.82) is 21.6 Å². The number of hydrogen-bond donors (Lipinski definition) is 11. The first-order chi connectivity index (χ1) is 28.5. The number of hydrogen-bond acceptors (Lipinski definition) is 6. The summed E-state index contributed by atoms with van der Waals surface area (Å²) in [5.74, 6) is 3.17. The Balaban J connectivity index is -0.000000227. The number of rotatable bonds is 4. The molecule has 0 aliphatic heterocycles. The standard InChI is InChI=1S/3C9H20N4.C8H19N5.C8H18N4/c3*1-6-13(9(3,4)5)8(11)12-7(2)10;1-5-11-6(9)12-7(10)13-8(2,3)4;1-6(9)11-7(10)12(5)8(2,3)4/h3*6H2,1-5H3,(H3,10,11,12);5H2,1-4H3,(H5,9,10,11,12,13);1-5H3,(H3,9,10,11). The second-order valence-corrected chi connectivity index (χ2v) is 19.4. The fourth-order valence-electron chi connectivity index (χ4n) is 4.93. The zero-order valence-corrected chi connectivity index (χ0v) is 44.8. The molecule has 0 aromatic rings. The highest BCUT2D eigenvalue weighted by molar-refractivity contribution is 5.97. The minimum absolute atomic E-state index is 0.0439. The summed E-state index contributed by atoms with van der Waals surface area (Å²) in [6.07, 6.45) is 0. The molecule has 0 rings (SSSR count).